The zero-order valence-electron chi connectivity index (χ0n) is 9.60. The fraction of sp³-hybridized carbons (Fsp3) is 0.273. The van der Waals surface area contributed by atoms with E-state index in [1.165, 1.54) is 13.2 Å². The van der Waals surface area contributed by atoms with E-state index in [-0.39, 0.29) is 15.7 Å². The molecule has 0 radical (unpaired) electrons. The number of nitrogens with two attached hydrogens (primary N) is 1. The summed E-state index contributed by atoms with van der Waals surface area (Å²) in [4.78, 5) is 0.0733. The van der Waals surface area contributed by atoms with Crippen molar-refractivity contribution in [1.82, 2.24) is 0 Å². The molecule has 0 aliphatic carbocycles. The first-order chi connectivity index (χ1) is 7.90. The highest BCUT2D eigenvalue weighted by Crippen LogP contribution is 2.33. The lowest BCUT2D eigenvalue weighted by Gasteiger charge is -2.10. The van der Waals surface area contributed by atoms with Gasteiger partial charge in [0.15, 0.2) is 15.6 Å². The van der Waals surface area contributed by atoms with Crippen molar-refractivity contribution in [3.05, 3.63) is 28.8 Å². The molecular formula is C11H14ClNO3S. The highest BCUT2D eigenvalue weighted by molar-refractivity contribution is 7.90. The highest BCUT2D eigenvalue weighted by atomic mass is 35.5. The fourth-order valence-electron chi connectivity index (χ4n) is 1.36. The molecule has 17 heavy (non-hydrogen) atoms. The van der Waals surface area contributed by atoms with Gasteiger partial charge in [0.1, 0.15) is 4.90 Å². The fourth-order valence-corrected chi connectivity index (χ4v) is 2.60. The molecule has 0 fully saturated rings. The van der Waals surface area contributed by atoms with Crippen molar-refractivity contribution in [2.75, 3.05) is 19.9 Å². The van der Waals surface area contributed by atoms with Crippen molar-refractivity contribution >= 4 is 27.5 Å². The van der Waals surface area contributed by atoms with Gasteiger partial charge in [-0.3, -0.25) is 0 Å². The van der Waals surface area contributed by atoms with Crippen molar-refractivity contribution in [2.45, 2.75) is 4.90 Å². The van der Waals surface area contributed by atoms with E-state index in [4.69, 9.17) is 22.1 Å². The molecule has 0 unspecified atom stereocenters. The van der Waals surface area contributed by atoms with Gasteiger partial charge in [0, 0.05) is 12.8 Å². The van der Waals surface area contributed by atoms with E-state index >= 15 is 0 Å². The molecule has 0 saturated carbocycles. The minimum Gasteiger partial charge on any atom is -0.494 e. The summed E-state index contributed by atoms with van der Waals surface area (Å²) >= 11 is 5.97. The third-order valence-electron chi connectivity index (χ3n) is 2.08. The van der Waals surface area contributed by atoms with Crippen LogP contribution in [-0.4, -0.2) is 28.3 Å². The van der Waals surface area contributed by atoms with Crippen LogP contribution in [0.5, 0.6) is 5.75 Å². The normalized spacial score (nSPS) is 12.0. The van der Waals surface area contributed by atoms with Gasteiger partial charge in [-0.2, -0.15) is 0 Å². The lowest BCUT2D eigenvalue weighted by Crippen LogP contribution is -2.02. The van der Waals surface area contributed by atoms with Gasteiger partial charge >= 0.3 is 0 Å². The summed E-state index contributed by atoms with van der Waals surface area (Å²) in [5, 5.41) is 0.257. The molecule has 4 nitrogen and oxygen atoms in total. The molecule has 0 aliphatic rings. The molecule has 1 aromatic carbocycles. The maximum atomic E-state index is 11.6. The second-order valence-electron chi connectivity index (χ2n) is 3.44. The van der Waals surface area contributed by atoms with E-state index in [2.05, 4.69) is 0 Å². The zero-order valence-corrected chi connectivity index (χ0v) is 11.2. The Morgan fingerprint density at radius 3 is 2.59 bits per heavy atom. The van der Waals surface area contributed by atoms with Crippen molar-refractivity contribution < 1.29 is 13.2 Å². The highest BCUT2D eigenvalue weighted by Gasteiger charge is 2.17. The molecule has 0 bridgehead atoms. The molecule has 1 rings (SSSR count). The van der Waals surface area contributed by atoms with Crippen LogP contribution >= 0.6 is 11.6 Å². The van der Waals surface area contributed by atoms with Crippen LogP contribution in [0, 0.1) is 0 Å². The van der Waals surface area contributed by atoms with E-state index in [9.17, 15) is 8.42 Å². The number of hydrogen-bond donors (Lipinski definition) is 1. The molecule has 0 atom stereocenters. The van der Waals surface area contributed by atoms with Crippen LogP contribution in [0.25, 0.3) is 6.08 Å². The molecule has 0 amide bonds. The third-order valence-corrected chi connectivity index (χ3v) is 3.46. The van der Waals surface area contributed by atoms with Gasteiger partial charge in [-0.1, -0.05) is 23.8 Å². The molecule has 0 aliphatic heterocycles. The largest absolute Gasteiger partial charge is 0.494 e. The summed E-state index contributed by atoms with van der Waals surface area (Å²) in [6.07, 6.45) is 4.53. The molecule has 2 N–H and O–H groups in total. The van der Waals surface area contributed by atoms with Crippen LogP contribution in [0.1, 0.15) is 5.56 Å². The maximum absolute atomic E-state index is 11.6. The van der Waals surface area contributed by atoms with Crippen molar-refractivity contribution in [3.63, 3.8) is 0 Å². The molecule has 1 aromatic rings. The Morgan fingerprint density at radius 2 is 2.12 bits per heavy atom. The Bertz CT molecular complexity index is 538. The summed E-state index contributed by atoms with van der Waals surface area (Å²) in [7, 11) is -2.01. The summed E-state index contributed by atoms with van der Waals surface area (Å²) < 4.78 is 28.2. The van der Waals surface area contributed by atoms with Gasteiger partial charge in [-0.05, 0) is 17.7 Å². The van der Waals surface area contributed by atoms with Crippen LogP contribution in [0.15, 0.2) is 23.1 Å². The first kappa shape index (κ1) is 14.0. The van der Waals surface area contributed by atoms with E-state index in [0.29, 0.717) is 12.1 Å². The zero-order chi connectivity index (χ0) is 13.1. The summed E-state index contributed by atoms with van der Waals surface area (Å²) in [5.74, 6) is 0.166. The molecule has 0 saturated heterocycles. The lowest BCUT2D eigenvalue weighted by molar-refractivity contribution is 0.403. The number of methoxy groups -OCH3 is 1. The standard InChI is InChI=1S/C11H14ClNO3S/c1-16-11-9(12)6-8(4-3-5-13)7-10(11)17(2,14)15/h3-4,6-7H,5,13H2,1-2H3/b4-3+. The Kier molecular flexibility index (Phi) is 4.56. The van der Waals surface area contributed by atoms with E-state index in [0.717, 1.165) is 6.26 Å². The predicted octanol–water partition coefficient (Wildman–Crippen LogP) is 1.72. The number of benzene rings is 1. The Hall–Kier alpha value is -1.04. The second-order valence-corrected chi connectivity index (χ2v) is 5.84. The van der Waals surface area contributed by atoms with Gasteiger partial charge in [0.25, 0.3) is 0 Å². The van der Waals surface area contributed by atoms with Crippen LogP contribution < -0.4 is 10.5 Å². The summed E-state index contributed by atoms with van der Waals surface area (Å²) in [5.41, 5.74) is 6.00. The molecule has 6 heteroatoms. The van der Waals surface area contributed by atoms with Gasteiger partial charge in [-0.15, -0.1) is 0 Å². The molecule has 0 spiro atoms. The van der Waals surface area contributed by atoms with Gasteiger partial charge < -0.3 is 10.5 Å². The Balaban J connectivity index is 3.45. The van der Waals surface area contributed by atoms with Crippen LogP contribution in [-0.2, 0) is 9.84 Å². The molecule has 0 aromatic heterocycles. The quantitative estimate of drug-likeness (QED) is 0.908. The summed E-state index contributed by atoms with van der Waals surface area (Å²) in [6.45, 7) is 0.373. The molecular weight excluding hydrogens is 262 g/mol. The van der Waals surface area contributed by atoms with E-state index in [1.54, 1.807) is 18.2 Å². The predicted molar refractivity (Wildman–Crippen MR) is 69.2 cm³/mol. The lowest BCUT2D eigenvalue weighted by atomic mass is 10.2. The number of hydrogen-bond acceptors (Lipinski definition) is 4. The first-order valence-electron chi connectivity index (χ1n) is 4.84. The third kappa shape index (κ3) is 3.46. The van der Waals surface area contributed by atoms with Gasteiger partial charge in [0.05, 0.1) is 12.1 Å². The molecule has 0 heterocycles. The van der Waals surface area contributed by atoms with Crippen molar-refractivity contribution in [1.29, 1.82) is 0 Å². The number of rotatable bonds is 4. The van der Waals surface area contributed by atoms with Crippen LogP contribution in [0.4, 0.5) is 0 Å². The topological polar surface area (TPSA) is 69.4 Å². The van der Waals surface area contributed by atoms with Crippen LogP contribution in [0.3, 0.4) is 0 Å². The van der Waals surface area contributed by atoms with Gasteiger partial charge in [0.2, 0.25) is 0 Å². The van der Waals surface area contributed by atoms with Crippen molar-refractivity contribution in [3.8, 4) is 5.75 Å². The van der Waals surface area contributed by atoms with Crippen molar-refractivity contribution in [2.24, 2.45) is 5.73 Å². The maximum Gasteiger partial charge on any atom is 0.179 e. The smallest absolute Gasteiger partial charge is 0.179 e. The summed E-state index contributed by atoms with van der Waals surface area (Å²) in [6, 6.07) is 3.13. The number of halogens is 1. The average molecular weight is 276 g/mol. The average Bonchev–Trinajstić information content (AvgIpc) is 2.24. The van der Waals surface area contributed by atoms with Gasteiger partial charge in [-0.25, -0.2) is 8.42 Å². The number of sulfone groups is 1. The Labute approximate surface area is 106 Å². The minimum atomic E-state index is -3.39. The first-order valence-corrected chi connectivity index (χ1v) is 7.11. The Morgan fingerprint density at radius 1 is 1.47 bits per heavy atom. The second kappa shape index (κ2) is 5.53. The van der Waals surface area contributed by atoms with Crippen LogP contribution in [0.2, 0.25) is 5.02 Å². The van der Waals surface area contributed by atoms with E-state index < -0.39 is 9.84 Å². The SMILES string of the molecule is COc1c(Cl)cc(/C=C/CN)cc1S(C)(=O)=O. The minimum absolute atomic E-state index is 0.0733. The monoisotopic (exact) mass is 275 g/mol. The van der Waals surface area contributed by atoms with E-state index in [1.807, 2.05) is 0 Å². The number of ether oxygens (including phenoxy) is 1. The molecule has 94 valence electrons.